The van der Waals surface area contributed by atoms with E-state index in [0.29, 0.717) is 16.3 Å². The van der Waals surface area contributed by atoms with Crippen LogP contribution in [0.25, 0.3) is 10.2 Å². The molecule has 0 saturated carbocycles. The van der Waals surface area contributed by atoms with Gasteiger partial charge in [0.25, 0.3) is 5.56 Å². The molecule has 1 N–H and O–H groups in total. The fraction of sp³-hybridized carbons (Fsp3) is 0.222. The number of anilines is 1. The highest BCUT2D eigenvalue weighted by Crippen LogP contribution is 2.25. The number of methoxy groups -OCH3 is 1. The first-order valence-electron chi connectivity index (χ1n) is 8.05. The van der Waals surface area contributed by atoms with E-state index in [1.165, 1.54) is 17.7 Å². The molecule has 0 fully saturated rings. The first-order valence-corrected chi connectivity index (χ1v) is 8.87. The lowest BCUT2D eigenvalue weighted by Crippen LogP contribution is -2.28. The first-order chi connectivity index (χ1) is 13.2. The number of ether oxygens (including phenoxy) is 1. The van der Waals surface area contributed by atoms with E-state index in [1.54, 1.807) is 6.92 Å². The number of halogens is 2. The Morgan fingerprint density at radius 3 is 2.64 bits per heavy atom. The van der Waals surface area contributed by atoms with Crippen LogP contribution in [0, 0.1) is 25.5 Å². The van der Waals surface area contributed by atoms with Gasteiger partial charge in [-0.2, -0.15) is 0 Å². The topological polar surface area (TPSA) is 90.3 Å². The number of carbonyl (C=O) groups excluding carboxylic acids is 2. The Balaban J connectivity index is 1.88. The van der Waals surface area contributed by atoms with Crippen molar-refractivity contribution in [3.05, 3.63) is 56.5 Å². The monoisotopic (exact) mass is 407 g/mol. The van der Waals surface area contributed by atoms with Crippen LogP contribution >= 0.6 is 11.3 Å². The number of hydrogen-bond acceptors (Lipinski definition) is 6. The maximum Gasteiger partial charge on any atom is 0.340 e. The smallest absolute Gasteiger partial charge is 0.340 e. The van der Waals surface area contributed by atoms with Crippen LogP contribution in [0.1, 0.15) is 20.8 Å². The third-order valence-electron chi connectivity index (χ3n) is 4.21. The van der Waals surface area contributed by atoms with Crippen LogP contribution in [0.4, 0.5) is 14.5 Å². The summed E-state index contributed by atoms with van der Waals surface area (Å²) in [7, 11) is 1.05. The van der Waals surface area contributed by atoms with E-state index in [1.807, 2.05) is 6.92 Å². The first kappa shape index (κ1) is 19.6. The van der Waals surface area contributed by atoms with Crippen LogP contribution in [0.15, 0.2) is 23.3 Å². The van der Waals surface area contributed by atoms with E-state index < -0.39 is 46.9 Å². The van der Waals surface area contributed by atoms with E-state index >= 15 is 0 Å². The van der Waals surface area contributed by atoms with Crippen molar-refractivity contribution in [3.8, 4) is 0 Å². The van der Waals surface area contributed by atoms with E-state index in [0.717, 1.165) is 28.2 Å². The lowest BCUT2D eigenvalue weighted by molar-refractivity contribution is -0.116. The number of rotatable bonds is 4. The van der Waals surface area contributed by atoms with Gasteiger partial charge in [-0.3, -0.25) is 14.2 Å². The zero-order valence-electron chi connectivity index (χ0n) is 15.1. The summed E-state index contributed by atoms with van der Waals surface area (Å²) in [6.07, 6.45) is 1.24. The van der Waals surface area contributed by atoms with Crippen LogP contribution in [0.3, 0.4) is 0 Å². The molecule has 2 aromatic heterocycles. The van der Waals surface area contributed by atoms with Gasteiger partial charge in [0, 0.05) is 10.9 Å². The number of nitrogens with one attached hydrogen (secondary N) is 1. The van der Waals surface area contributed by atoms with Gasteiger partial charge in [0.05, 0.1) is 30.1 Å². The lowest BCUT2D eigenvalue weighted by Gasteiger charge is -2.10. The Hall–Kier alpha value is -3.14. The van der Waals surface area contributed by atoms with Crippen molar-refractivity contribution in [3.63, 3.8) is 0 Å². The molecule has 2 heterocycles. The molecule has 28 heavy (non-hydrogen) atoms. The van der Waals surface area contributed by atoms with Crippen molar-refractivity contribution in [2.24, 2.45) is 0 Å². The Bertz CT molecular complexity index is 1170. The normalized spacial score (nSPS) is 10.9. The number of aryl methyl sites for hydroxylation is 2. The van der Waals surface area contributed by atoms with Crippen LogP contribution in [0.5, 0.6) is 0 Å². The molecule has 3 aromatic rings. The largest absolute Gasteiger partial charge is 0.465 e. The Kier molecular flexibility index (Phi) is 5.23. The molecule has 0 radical (unpaired) electrons. The number of thiophene rings is 1. The van der Waals surface area contributed by atoms with E-state index in [4.69, 9.17) is 0 Å². The second-order valence-corrected chi connectivity index (χ2v) is 7.20. The highest BCUT2D eigenvalue weighted by atomic mass is 32.1. The molecule has 1 amide bonds. The number of benzene rings is 1. The minimum absolute atomic E-state index is 0.392. The quantitative estimate of drug-likeness (QED) is 0.672. The highest BCUT2D eigenvalue weighted by Gasteiger charge is 2.19. The summed E-state index contributed by atoms with van der Waals surface area (Å²) >= 11 is 1.38. The van der Waals surface area contributed by atoms with Gasteiger partial charge in [-0.15, -0.1) is 11.3 Å². The van der Waals surface area contributed by atoms with Crippen molar-refractivity contribution >= 4 is 39.1 Å². The third-order valence-corrected chi connectivity index (χ3v) is 5.32. The zero-order chi connectivity index (χ0) is 20.6. The number of hydrogen-bond donors (Lipinski definition) is 1. The summed E-state index contributed by atoms with van der Waals surface area (Å²) in [6, 6.07) is 1.31. The molecule has 0 unspecified atom stereocenters. The van der Waals surface area contributed by atoms with Gasteiger partial charge in [0.15, 0.2) is 0 Å². The maximum absolute atomic E-state index is 14.0. The van der Waals surface area contributed by atoms with E-state index in [9.17, 15) is 23.2 Å². The van der Waals surface area contributed by atoms with Gasteiger partial charge in [-0.25, -0.2) is 18.6 Å². The Morgan fingerprint density at radius 1 is 1.25 bits per heavy atom. The fourth-order valence-electron chi connectivity index (χ4n) is 2.64. The molecule has 0 saturated heterocycles. The third kappa shape index (κ3) is 3.50. The lowest BCUT2D eigenvalue weighted by atomic mass is 10.1. The molecule has 0 bridgehead atoms. The second-order valence-electron chi connectivity index (χ2n) is 5.99. The predicted molar refractivity (Wildman–Crippen MR) is 99.7 cm³/mol. The summed E-state index contributed by atoms with van der Waals surface area (Å²) in [4.78, 5) is 42.1. The summed E-state index contributed by atoms with van der Waals surface area (Å²) in [5, 5.41) is 2.66. The molecule has 0 aliphatic rings. The average molecular weight is 407 g/mol. The van der Waals surface area contributed by atoms with Gasteiger partial charge in [-0.05, 0) is 25.5 Å². The molecule has 0 aliphatic carbocycles. The summed E-state index contributed by atoms with van der Waals surface area (Å²) in [5.74, 6) is -3.93. The summed E-state index contributed by atoms with van der Waals surface area (Å²) in [6.45, 7) is 3.23. The number of fused-ring (bicyclic) bond motifs is 1. The predicted octanol–water partition coefficient (Wildman–Crippen LogP) is 2.78. The molecule has 146 valence electrons. The van der Waals surface area contributed by atoms with Crippen molar-refractivity contribution in [2.45, 2.75) is 20.4 Å². The van der Waals surface area contributed by atoms with Crippen molar-refractivity contribution in [1.29, 1.82) is 0 Å². The minimum atomic E-state index is -1.11. The fourth-order valence-corrected chi connectivity index (χ4v) is 3.63. The standard InChI is InChI=1S/C18H15F2N3O4S/c1-8-9(2)28-16-15(8)17(25)23(7-21-16)6-14(24)22-13-4-10(18(26)27-3)11(19)5-12(13)20/h4-5,7H,6H2,1-3H3,(H,22,24). The van der Waals surface area contributed by atoms with E-state index in [2.05, 4.69) is 15.0 Å². The second kappa shape index (κ2) is 7.47. The Labute approximate surface area is 161 Å². The average Bonchev–Trinajstić information content (AvgIpc) is 2.94. The molecule has 0 atom stereocenters. The van der Waals surface area contributed by atoms with Gasteiger partial charge in [0.2, 0.25) is 5.91 Å². The number of esters is 1. The molecule has 10 heteroatoms. The van der Waals surface area contributed by atoms with Crippen LogP contribution in [-0.4, -0.2) is 28.5 Å². The van der Waals surface area contributed by atoms with Crippen LogP contribution in [-0.2, 0) is 16.1 Å². The molecular formula is C18H15F2N3O4S. The van der Waals surface area contributed by atoms with Crippen LogP contribution < -0.4 is 10.9 Å². The van der Waals surface area contributed by atoms with Crippen molar-refractivity contribution < 1.29 is 23.1 Å². The van der Waals surface area contributed by atoms with Gasteiger partial charge >= 0.3 is 5.97 Å². The summed E-state index contributed by atoms with van der Waals surface area (Å²) < 4.78 is 33.2. The SMILES string of the molecule is COC(=O)c1cc(NC(=O)Cn2cnc3sc(C)c(C)c3c2=O)c(F)cc1F. The molecule has 0 aliphatic heterocycles. The number of carbonyl (C=O) groups is 2. The molecule has 1 aromatic carbocycles. The van der Waals surface area contributed by atoms with Gasteiger partial charge in [0.1, 0.15) is 23.0 Å². The maximum atomic E-state index is 14.0. The minimum Gasteiger partial charge on any atom is -0.465 e. The molecule has 7 nitrogen and oxygen atoms in total. The van der Waals surface area contributed by atoms with E-state index in [-0.39, 0.29) is 0 Å². The number of aromatic nitrogens is 2. The van der Waals surface area contributed by atoms with Gasteiger partial charge in [-0.1, -0.05) is 0 Å². The number of nitrogens with zero attached hydrogens (tertiary/aromatic N) is 2. The molecule has 3 rings (SSSR count). The Morgan fingerprint density at radius 2 is 1.96 bits per heavy atom. The molecule has 0 spiro atoms. The highest BCUT2D eigenvalue weighted by molar-refractivity contribution is 7.18. The van der Waals surface area contributed by atoms with Crippen molar-refractivity contribution in [2.75, 3.05) is 12.4 Å². The van der Waals surface area contributed by atoms with Gasteiger partial charge < -0.3 is 10.1 Å². The summed E-state index contributed by atoms with van der Waals surface area (Å²) in [5.41, 5.74) is -0.531. The molecular weight excluding hydrogens is 392 g/mol. The zero-order valence-corrected chi connectivity index (χ0v) is 15.9. The van der Waals surface area contributed by atoms with Crippen molar-refractivity contribution in [1.82, 2.24) is 9.55 Å². The number of amides is 1. The van der Waals surface area contributed by atoms with Crippen LogP contribution in [0.2, 0.25) is 0 Å².